The summed E-state index contributed by atoms with van der Waals surface area (Å²) in [6.07, 6.45) is 3.36. The Hall–Kier alpha value is -2.96. The lowest BCUT2D eigenvalue weighted by Gasteiger charge is -2.29. The minimum absolute atomic E-state index is 0.0976. The molecule has 0 aliphatic carbocycles. The average molecular weight is 371 g/mol. The van der Waals surface area contributed by atoms with Gasteiger partial charge in [-0.2, -0.15) is 0 Å². The summed E-state index contributed by atoms with van der Waals surface area (Å²) in [5, 5.41) is 12.3. The molecule has 144 valence electrons. The normalized spacial score (nSPS) is 12.9. The number of aryl methyl sites for hydroxylation is 1. The fraction of sp³-hybridized carbons (Fsp3) is 0.400. The minimum Gasteiger partial charge on any atom is -0.481 e. The van der Waals surface area contributed by atoms with Gasteiger partial charge in [0.15, 0.2) is 0 Å². The van der Waals surface area contributed by atoms with Gasteiger partial charge >= 0.3 is 11.9 Å². The Labute approximate surface area is 158 Å². The van der Waals surface area contributed by atoms with Crippen molar-refractivity contribution in [1.82, 2.24) is 9.97 Å². The van der Waals surface area contributed by atoms with Crippen molar-refractivity contribution in [3.05, 3.63) is 47.9 Å². The number of hydrogen-bond acceptors (Lipinski definition) is 6. The van der Waals surface area contributed by atoms with Crippen molar-refractivity contribution in [2.45, 2.75) is 45.4 Å². The van der Waals surface area contributed by atoms with Gasteiger partial charge in [0, 0.05) is 18.3 Å². The van der Waals surface area contributed by atoms with Gasteiger partial charge in [-0.15, -0.1) is 0 Å². The van der Waals surface area contributed by atoms with Crippen molar-refractivity contribution < 1.29 is 19.4 Å². The van der Waals surface area contributed by atoms with E-state index in [1.54, 1.807) is 13.1 Å². The van der Waals surface area contributed by atoms with Gasteiger partial charge in [-0.05, 0) is 38.8 Å². The second-order valence-corrected chi connectivity index (χ2v) is 6.33. The predicted molar refractivity (Wildman–Crippen MR) is 102 cm³/mol. The lowest BCUT2D eigenvalue weighted by molar-refractivity contribution is -0.151. The zero-order valence-corrected chi connectivity index (χ0v) is 15.9. The SMILES string of the molecule is CCOC(=O)C(CC)(CCC(=O)O)c1cncc(Nc2ccc(C)cc2)n1. The molecule has 1 aromatic heterocycles. The van der Waals surface area contributed by atoms with E-state index in [1.165, 1.54) is 6.20 Å². The molecule has 1 aromatic carbocycles. The Balaban J connectivity index is 2.37. The number of aliphatic carboxylic acids is 1. The number of carbonyl (C=O) groups is 2. The molecule has 2 rings (SSSR count). The highest BCUT2D eigenvalue weighted by molar-refractivity contribution is 5.83. The van der Waals surface area contributed by atoms with E-state index in [-0.39, 0.29) is 19.4 Å². The van der Waals surface area contributed by atoms with Crippen LogP contribution in [0.1, 0.15) is 44.4 Å². The maximum atomic E-state index is 12.7. The molecule has 27 heavy (non-hydrogen) atoms. The Bertz CT molecular complexity index is 792. The maximum Gasteiger partial charge on any atom is 0.318 e. The van der Waals surface area contributed by atoms with Crippen molar-refractivity contribution in [2.24, 2.45) is 0 Å². The summed E-state index contributed by atoms with van der Waals surface area (Å²) in [5.74, 6) is -0.969. The second-order valence-electron chi connectivity index (χ2n) is 6.33. The van der Waals surface area contributed by atoms with Gasteiger partial charge in [0.2, 0.25) is 0 Å². The van der Waals surface area contributed by atoms with Gasteiger partial charge in [-0.3, -0.25) is 14.6 Å². The highest BCUT2D eigenvalue weighted by Gasteiger charge is 2.42. The van der Waals surface area contributed by atoms with Gasteiger partial charge in [0.1, 0.15) is 11.2 Å². The minimum atomic E-state index is -1.15. The van der Waals surface area contributed by atoms with Gasteiger partial charge in [0.25, 0.3) is 0 Å². The molecule has 7 heteroatoms. The molecule has 0 amide bonds. The largest absolute Gasteiger partial charge is 0.481 e. The van der Waals surface area contributed by atoms with E-state index in [0.29, 0.717) is 17.9 Å². The Morgan fingerprint density at radius 3 is 2.48 bits per heavy atom. The Kier molecular flexibility index (Phi) is 6.87. The standard InChI is InChI=1S/C20H25N3O4/c1-4-20(11-10-18(24)25,19(26)27-5-2)16-12-21-13-17(23-16)22-15-8-6-14(3)7-9-15/h6-9,12-13H,4-5,10-11H2,1-3H3,(H,22,23)(H,24,25). The number of carboxylic acid groups (broad SMARTS) is 1. The number of aromatic nitrogens is 2. The van der Waals surface area contributed by atoms with Crippen LogP contribution < -0.4 is 5.32 Å². The first-order chi connectivity index (χ1) is 12.9. The van der Waals surface area contributed by atoms with Crippen LogP contribution in [0.15, 0.2) is 36.7 Å². The van der Waals surface area contributed by atoms with Gasteiger partial charge in [-0.25, -0.2) is 4.98 Å². The number of benzene rings is 1. The molecule has 0 saturated carbocycles. The topological polar surface area (TPSA) is 101 Å². The number of nitrogens with zero attached hydrogens (tertiary/aromatic N) is 2. The van der Waals surface area contributed by atoms with Crippen molar-refractivity contribution in [3.63, 3.8) is 0 Å². The number of carbonyl (C=O) groups excluding carboxylic acids is 1. The summed E-state index contributed by atoms with van der Waals surface area (Å²) in [5.41, 5.74) is 1.24. The number of rotatable bonds is 9. The van der Waals surface area contributed by atoms with Crippen LogP contribution >= 0.6 is 0 Å². The van der Waals surface area contributed by atoms with Gasteiger partial charge in [0.05, 0.1) is 18.5 Å². The van der Waals surface area contributed by atoms with Crippen molar-refractivity contribution in [2.75, 3.05) is 11.9 Å². The molecule has 1 atom stereocenters. The highest BCUT2D eigenvalue weighted by atomic mass is 16.5. The van der Waals surface area contributed by atoms with Crippen LogP contribution in [0.25, 0.3) is 0 Å². The van der Waals surface area contributed by atoms with Crippen LogP contribution in [-0.2, 0) is 19.7 Å². The monoisotopic (exact) mass is 371 g/mol. The maximum absolute atomic E-state index is 12.7. The number of anilines is 2. The summed E-state index contributed by atoms with van der Waals surface area (Å²) in [6, 6.07) is 7.79. The molecular weight excluding hydrogens is 346 g/mol. The zero-order chi connectivity index (χ0) is 19.9. The summed E-state index contributed by atoms with van der Waals surface area (Å²) in [4.78, 5) is 32.6. The summed E-state index contributed by atoms with van der Waals surface area (Å²) < 4.78 is 5.24. The zero-order valence-electron chi connectivity index (χ0n) is 15.9. The molecule has 0 spiro atoms. The fourth-order valence-corrected chi connectivity index (χ4v) is 2.87. The van der Waals surface area contributed by atoms with E-state index >= 15 is 0 Å². The molecule has 0 saturated heterocycles. The average Bonchev–Trinajstić information content (AvgIpc) is 2.65. The van der Waals surface area contributed by atoms with Crippen LogP contribution in [0, 0.1) is 6.92 Å². The third-order valence-corrected chi connectivity index (χ3v) is 4.48. The van der Waals surface area contributed by atoms with E-state index in [2.05, 4.69) is 15.3 Å². The smallest absolute Gasteiger partial charge is 0.318 e. The van der Waals surface area contributed by atoms with E-state index in [1.807, 2.05) is 38.1 Å². The summed E-state index contributed by atoms with van der Waals surface area (Å²) in [7, 11) is 0. The first kappa shape index (κ1) is 20.4. The highest BCUT2D eigenvalue weighted by Crippen LogP contribution is 2.34. The quantitative estimate of drug-likeness (QED) is 0.649. The number of carboxylic acids is 1. The van der Waals surface area contributed by atoms with Crippen molar-refractivity contribution in [3.8, 4) is 0 Å². The second kappa shape index (κ2) is 9.12. The molecule has 0 aliphatic rings. The number of hydrogen-bond donors (Lipinski definition) is 2. The molecule has 0 fully saturated rings. The third-order valence-electron chi connectivity index (χ3n) is 4.48. The van der Waals surface area contributed by atoms with Crippen LogP contribution in [-0.4, -0.2) is 33.6 Å². The Morgan fingerprint density at radius 2 is 1.89 bits per heavy atom. The molecule has 0 radical (unpaired) electrons. The van der Waals surface area contributed by atoms with Crippen LogP contribution in [0.5, 0.6) is 0 Å². The van der Waals surface area contributed by atoms with Gasteiger partial charge in [-0.1, -0.05) is 24.6 Å². The van der Waals surface area contributed by atoms with Crippen LogP contribution in [0.3, 0.4) is 0 Å². The molecule has 2 aromatic rings. The van der Waals surface area contributed by atoms with Crippen LogP contribution in [0.4, 0.5) is 11.5 Å². The lowest BCUT2D eigenvalue weighted by atomic mass is 9.77. The Morgan fingerprint density at radius 1 is 1.19 bits per heavy atom. The summed E-state index contributed by atoms with van der Waals surface area (Å²) >= 11 is 0. The van der Waals surface area contributed by atoms with Crippen molar-refractivity contribution in [1.29, 1.82) is 0 Å². The summed E-state index contributed by atoms with van der Waals surface area (Å²) in [6.45, 7) is 5.75. The van der Waals surface area contributed by atoms with Gasteiger partial charge < -0.3 is 15.2 Å². The lowest BCUT2D eigenvalue weighted by Crippen LogP contribution is -2.38. The van der Waals surface area contributed by atoms with Crippen molar-refractivity contribution >= 4 is 23.4 Å². The molecule has 0 aliphatic heterocycles. The molecule has 1 heterocycles. The first-order valence-corrected chi connectivity index (χ1v) is 8.96. The number of ether oxygens (including phenoxy) is 1. The van der Waals surface area contributed by atoms with E-state index in [4.69, 9.17) is 9.84 Å². The predicted octanol–water partition coefficient (Wildman–Crippen LogP) is 3.60. The molecule has 7 nitrogen and oxygen atoms in total. The van der Waals surface area contributed by atoms with E-state index < -0.39 is 17.4 Å². The molecule has 2 N–H and O–H groups in total. The molecule has 1 unspecified atom stereocenters. The number of esters is 1. The van der Waals surface area contributed by atoms with Crippen LogP contribution in [0.2, 0.25) is 0 Å². The number of nitrogens with one attached hydrogen (secondary N) is 1. The third kappa shape index (κ3) is 5.03. The first-order valence-electron chi connectivity index (χ1n) is 8.96. The van der Waals surface area contributed by atoms with E-state index in [0.717, 1.165) is 11.3 Å². The fourth-order valence-electron chi connectivity index (χ4n) is 2.87. The molecular formula is C20H25N3O4. The van der Waals surface area contributed by atoms with E-state index in [9.17, 15) is 9.59 Å². The molecule has 0 bridgehead atoms.